The molecule has 2 saturated carbocycles. The summed E-state index contributed by atoms with van der Waals surface area (Å²) in [6, 6.07) is 0. The molecule has 1 saturated heterocycles. The Bertz CT molecular complexity index is 564. The van der Waals surface area contributed by atoms with E-state index in [0.717, 1.165) is 6.42 Å². The van der Waals surface area contributed by atoms with Crippen molar-refractivity contribution in [2.45, 2.75) is 50.0 Å². The van der Waals surface area contributed by atoms with Crippen LogP contribution in [-0.2, 0) is 14.6 Å². The maximum absolute atomic E-state index is 13.2. The van der Waals surface area contributed by atoms with E-state index in [1.54, 1.807) is 0 Å². The van der Waals surface area contributed by atoms with Crippen molar-refractivity contribution in [3.63, 3.8) is 0 Å². The number of sulfone groups is 1. The van der Waals surface area contributed by atoms with Gasteiger partial charge in [0.05, 0.1) is 11.2 Å². The fourth-order valence-corrected chi connectivity index (χ4v) is 5.45. The Morgan fingerprint density at radius 1 is 1.18 bits per heavy atom. The van der Waals surface area contributed by atoms with Gasteiger partial charge in [0, 0.05) is 13.1 Å². The van der Waals surface area contributed by atoms with Crippen molar-refractivity contribution in [3.05, 3.63) is 0 Å². The first kappa shape index (κ1) is 16.1. The zero-order valence-electron chi connectivity index (χ0n) is 12.2. The smallest absolute Gasteiger partial charge is 0.341 e. The van der Waals surface area contributed by atoms with E-state index < -0.39 is 44.3 Å². The summed E-state index contributed by atoms with van der Waals surface area (Å²) in [7, 11) is -3.42. The third kappa shape index (κ3) is 2.86. The molecule has 4 nitrogen and oxygen atoms in total. The van der Waals surface area contributed by atoms with Crippen LogP contribution in [-0.4, -0.2) is 49.5 Å². The van der Waals surface area contributed by atoms with Crippen LogP contribution >= 0.6 is 0 Å². The number of rotatable bonds is 3. The summed E-state index contributed by atoms with van der Waals surface area (Å²) in [4.78, 5) is 13.5. The number of nitrogens with zero attached hydrogens (tertiary/aromatic N) is 1. The van der Waals surface area contributed by atoms with Crippen LogP contribution in [0.4, 0.5) is 13.2 Å². The number of hydrogen-bond acceptors (Lipinski definition) is 3. The predicted octanol–water partition coefficient (Wildman–Crippen LogP) is 2.14. The van der Waals surface area contributed by atoms with Crippen molar-refractivity contribution in [2.24, 2.45) is 11.3 Å². The standard InChI is InChI=1S/C14H20F3NO3S/c15-14(16,17)11-4-7-18(9-13(11)5-1-6-13)12(19)8-22(20,21)10-2-3-10/h10-11H,1-9H2/t11-/m1/s1. The lowest BCUT2D eigenvalue weighted by Gasteiger charge is -2.54. The predicted molar refractivity (Wildman–Crippen MR) is 73.8 cm³/mol. The quantitative estimate of drug-likeness (QED) is 0.792. The van der Waals surface area contributed by atoms with Gasteiger partial charge in [0.2, 0.25) is 5.91 Å². The van der Waals surface area contributed by atoms with E-state index in [-0.39, 0.29) is 19.5 Å². The minimum atomic E-state index is -4.24. The third-order valence-electron chi connectivity index (χ3n) is 5.39. The molecule has 3 aliphatic rings. The fraction of sp³-hybridized carbons (Fsp3) is 0.929. The molecule has 2 aliphatic carbocycles. The molecule has 1 atom stereocenters. The maximum atomic E-state index is 13.2. The zero-order valence-corrected chi connectivity index (χ0v) is 13.0. The molecule has 0 unspecified atom stereocenters. The number of alkyl halides is 3. The van der Waals surface area contributed by atoms with Gasteiger partial charge in [0.1, 0.15) is 5.75 Å². The van der Waals surface area contributed by atoms with Crippen molar-refractivity contribution in [3.8, 4) is 0 Å². The Morgan fingerprint density at radius 3 is 2.27 bits per heavy atom. The van der Waals surface area contributed by atoms with E-state index in [1.807, 2.05) is 0 Å². The minimum absolute atomic E-state index is 0.00491. The second kappa shape index (κ2) is 5.11. The lowest BCUT2D eigenvalue weighted by Crippen LogP contribution is -2.58. The second-order valence-corrected chi connectivity index (χ2v) is 9.20. The van der Waals surface area contributed by atoms with Gasteiger partial charge in [-0.2, -0.15) is 13.2 Å². The van der Waals surface area contributed by atoms with E-state index in [1.165, 1.54) is 4.90 Å². The fourth-order valence-electron chi connectivity index (χ4n) is 3.83. The number of carbonyl (C=O) groups excluding carboxylic acids is 1. The van der Waals surface area contributed by atoms with Gasteiger partial charge in [0.25, 0.3) is 0 Å². The normalized spacial score (nSPS) is 28.5. The summed E-state index contributed by atoms with van der Waals surface area (Å²) < 4.78 is 63.3. The topological polar surface area (TPSA) is 54.5 Å². The molecule has 0 bridgehead atoms. The third-order valence-corrected chi connectivity index (χ3v) is 7.52. The second-order valence-electron chi connectivity index (χ2n) is 6.92. The number of carbonyl (C=O) groups is 1. The number of halogens is 3. The summed E-state index contributed by atoms with van der Waals surface area (Å²) >= 11 is 0. The maximum Gasteiger partial charge on any atom is 0.392 e. The van der Waals surface area contributed by atoms with Crippen molar-refractivity contribution < 1.29 is 26.4 Å². The molecule has 1 aliphatic heterocycles. The van der Waals surface area contributed by atoms with E-state index in [4.69, 9.17) is 0 Å². The summed E-state index contributed by atoms with van der Waals surface area (Å²) in [6.45, 7) is 0.0567. The highest BCUT2D eigenvalue weighted by molar-refractivity contribution is 7.93. The van der Waals surface area contributed by atoms with Crippen LogP contribution in [0.1, 0.15) is 38.5 Å². The van der Waals surface area contributed by atoms with Crippen LogP contribution in [0, 0.1) is 11.3 Å². The summed E-state index contributed by atoms with van der Waals surface area (Å²) in [5, 5.41) is -0.415. The highest BCUT2D eigenvalue weighted by atomic mass is 32.2. The lowest BCUT2D eigenvalue weighted by molar-refractivity contribution is -0.237. The monoisotopic (exact) mass is 339 g/mol. The van der Waals surface area contributed by atoms with Gasteiger partial charge in [-0.05, 0) is 37.5 Å². The number of piperidine rings is 1. The molecule has 3 rings (SSSR count). The van der Waals surface area contributed by atoms with Crippen molar-refractivity contribution in [2.75, 3.05) is 18.8 Å². The van der Waals surface area contributed by atoms with Crippen molar-refractivity contribution in [1.29, 1.82) is 0 Å². The number of likely N-dealkylation sites (tertiary alicyclic amines) is 1. The van der Waals surface area contributed by atoms with E-state index >= 15 is 0 Å². The van der Waals surface area contributed by atoms with Crippen LogP contribution in [0.25, 0.3) is 0 Å². The Morgan fingerprint density at radius 2 is 1.82 bits per heavy atom. The Balaban J connectivity index is 1.69. The van der Waals surface area contributed by atoms with Crippen LogP contribution in [0.15, 0.2) is 0 Å². The van der Waals surface area contributed by atoms with Crippen LogP contribution in [0.2, 0.25) is 0 Å². The molecule has 0 aromatic carbocycles. The summed E-state index contributed by atoms with van der Waals surface area (Å²) in [5.74, 6) is -2.44. The number of hydrogen-bond donors (Lipinski definition) is 0. The van der Waals surface area contributed by atoms with Gasteiger partial charge in [-0.3, -0.25) is 4.79 Å². The Kier molecular flexibility index (Phi) is 3.73. The van der Waals surface area contributed by atoms with Crippen LogP contribution < -0.4 is 0 Å². The molecule has 0 N–H and O–H groups in total. The molecule has 0 radical (unpaired) electrons. The average Bonchev–Trinajstić information content (AvgIpc) is 3.18. The number of amides is 1. The van der Waals surface area contributed by atoms with Crippen molar-refractivity contribution in [1.82, 2.24) is 4.90 Å². The molecule has 0 aromatic heterocycles. The van der Waals surface area contributed by atoms with Gasteiger partial charge in [-0.25, -0.2) is 8.42 Å². The molecule has 22 heavy (non-hydrogen) atoms. The minimum Gasteiger partial charge on any atom is -0.341 e. The molecule has 126 valence electrons. The average molecular weight is 339 g/mol. The van der Waals surface area contributed by atoms with Crippen LogP contribution in [0.5, 0.6) is 0 Å². The molecule has 8 heteroatoms. The molecular formula is C14H20F3NO3S. The molecule has 1 spiro atoms. The first-order valence-electron chi connectivity index (χ1n) is 7.70. The van der Waals surface area contributed by atoms with Gasteiger partial charge < -0.3 is 4.90 Å². The molecule has 0 aromatic rings. The van der Waals surface area contributed by atoms with Crippen molar-refractivity contribution >= 4 is 15.7 Å². The van der Waals surface area contributed by atoms with Gasteiger partial charge in [-0.15, -0.1) is 0 Å². The van der Waals surface area contributed by atoms with Crippen LogP contribution in [0.3, 0.4) is 0 Å². The first-order valence-corrected chi connectivity index (χ1v) is 9.42. The highest BCUT2D eigenvalue weighted by Gasteiger charge is 2.58. The molecule has 1 amide bonds. The van der Waals surface area contributed by atoms with E-state index in [0.29, 0.717) is 25.7 Å². The zero-order chi connectivity index (χ0) is 16.2. The van der Waals surface area contributed by atoms with Gasteiger partial charge in [0.15, 0.2) is 9.84 Å². The summed E-state index contributed by atoms with van der Waals surface area (Å²) in [5.41, 5.74) is -0.879. The van der Waals surface area contributed by atoms with Gasteiger partial charge >= 0.3 is 6.18 Å². The lowest BCUT2D eigenvalue weighted by atomic mass is 9.58. The summed E-state index contributed by atoms with van der Waals surface area (Å²) in [6.07, 6.45) is -1.48. The largest absolute Gasteiger partial charge is 0.392 e. The Hall–Kier alpha value is -0.790. The van der Waals surface area contributed by atoms with E-state index in [9.17, 15) is 26.4 Å². The molecular weight excluding hydrogens is 319 g/mol. The van der Waals surface area contributed by atoms with Gasteiger partial charge in [-0.1, -0.05) is 6.42 Å². The molecule has 3 fully saturated rings. The molecule has 1 heterocycles. The first-order chi connectivity index (χ1) is 10.1. The highest BCUT2D eigenvalue weighted by Crippen LogP contribution is 2.56. The van der Waals surface area contributed by atoms with E-state index in [2.05, 4.69) is 0 Å². The SMILES string of the molecule is O=C(CS(=O)(=O)C1CC1)N1CC[C@@H](C(F)(F)F)C2(CCC2)C1. The Labute approximate surface area is 128 Å².